The van der Waals surface area contributed by atoms with Gasteiger partial charge in [0, 0.05) is 6.54 Å². The molecule has 2 aliphatic rings. The Balaban J connectivity index is 1.99. The predicted molar refractivity (Wildman–Crippen MR) is 56.7 cm³/mol. The first-order valence-corrected chi connectivity index (χ1v) is 5.41. The van der Waals surface area contributed by atoms with Crippen LogP contribution in [-0.4, -0.2) is 25.0 Å². The molecule has 0 bridgehead atoms. The molecule has 0 radical (unpaired) electrons. The molecule has 1 saturated heterocycles. The van der Waals surface area contributed by atoms with Gasteiger partial charge in [-0.15, -0.1) is 0 Å². The summed E-state index contributed by atoms with van der Waals surface area (Å²) in [5.74, 6) is 0.815. The van der Waals surface area contributed by atoms with Gasteiger partial charge in [-0.3, -0.25) is 0 Å². The van der Waals surface area contributed by atoms with Crippen LogP contribution in [0.4, 0.5) is 0 Å². The average molecular weight is 177 g/mol. The van der Waals surface area contributed by atoms with Crippen LogP contribution >= 0.6 is 0 Å². The molecule has 0 spiro atoms. The van der Waals surface area contributed by atoms with Crippen molar-refractivity contribution < 1.29 is 0 Å². The largest absolute Gasteiger partial charge is 0.306 e. The van der Waals surface area contributed by atoms with Gasteiger partial charge in [0.05, 0.1) is 0 Å². The monoisotopic (exact) mass is 177 g/mol. The molecule has 1 fully saturated rings. The molecular weight excluding hydrogens is 158 g/mol. The van der Waals surface area contributed by atoms with E-state index in [1.165, 1.54) is 38.8 Å². The van der Waals surface area contributed by atoms with Crippen LogP contribution in [0, 0.1) is 5.92 Å². The van der Waals surface area contributed by atoms with Crippen LogP contribution in [0.25, 0.3) is 0 Å². The van der Waals surface area contributed by atoms with Crippen LogP contribution in [0.2, 0.25) is 0 Å². The fraction of sp³-hybridized carbons (Fsp3) is 0.667. The van der Waals surface area contributed by atoms with E-state index in [2.05, 4.69) is 30.2 Å². The van der Waals surface area contributed by atoms with Crippen molar-refractivity contribution in [1.29, 1.82) is 0 Å². The summed E-state index contributed by atoms with van der Waals surface area (Å²) in [4.78, 5) is 2.46. The minimum absolute atomic E-state index is 0.815. The maximum absolute atomic E-state index is 2.46. The first-order valence-electron chi connectivity index (χ1n) is 5.41. The Morgan fingerprint density at radius 1 is 1.38 bits per heavy atom. The molecule has 0 N–H and O–H groups in total. The van der Waals surface area contributed by atoms with E-state index in [1.54, 1.807) is 5.57 Å². The number of likely N-dealkylation sites (tertiary alicyclic amines) is 1. The molecule has 13 heavy (non-hydrogen) atoms. The lowest BCUT2D eigenvalue weighted by atomic mass is 9.88. The van der Waals surface area contributed by atoms with Gasteiger partial charge in [-0.25, -0.2) is 0 Å². The Hall–Kier alpha value is -0.560. The SMILES string of the molecule is CN1CCC[C@H](C2=CCCC=C2)C1. The molecule has 1 heterocycles. The molecule has 2 rings (SSSR count). The Morgan fingerprint density at radius 2 is 2.31 bits per heavy atom. The third-order valence-corrected chi connectivity index (χ3v) is 3.12. The van der Waals surface area contributed by atoms with Gasteiger partial charge in [0.25, 0.3) is 0 Å². The molecule has 0 amide bonds. The van der Waals surface area contributed by atoms with E-state index in [9.17, 15) is 0 Å². The van der Waals surface area contributed by atoms with Crippen LogP contribution in [0.15, 0.2) is 23.8 Å². The number of nitrogens with zero attached hydrogens (tertiary/aromatic N) is 1. The lowest BCUT2D eigenvalue weighted by molar-refractivity contribution is 0.232. The zero-order chi connectivity index (χ0) is 9.10. The number of hydrogen-bond acceptors (Lipinski definition) is 1. The topological polar surface area (TPSA) is 3.24 Å². The second-order valence-corrected chi connectivity index (χ2v) is 4.29. The van der Waals surface area contributed by atoms with Gasteiger partial charge in [-0.05, 0) is 50.8 Å². The number of hydrogen-bond donors (Lipinski definition) is 0. The van der Waals surface area contributed by atoms with Crippen molar-refractivity contribution >= 4 is 0 Å². The van der Waals surface area contributed by atoms with E-state index in [0.717, 1.165) is 5.92 Å². The summed E-state index contributed by atoms with van der Waals surface area (Å²) in [6.45, 7) is 2.55. The third-order valence-electron chi connectivity index (χ3n) is 3.12. The van der Waals surface area contributed by atoms with Crippen LogP contribution in [0.5, 0.6) is 0 Å². The molecule has 0 saturated carbocycles. The molecule has 0 unspecified atom stereocenters. The molecular formula is C12H19N. The fourth-order valence-corrected chi connectivity index (χ4v) is 2.37. The van der Waals surface area contributed by atoms with Crippen LogP contribution < -0.4 is 0 Å². The first-order chi connectivity index (χ1) is 6.36. The minimum atomic E-state index is 0.815. The summed E-state index contributed by atoms with van der Waals surface area (Å²) >= 11 is 0. The summed E-state index contributed by atoms with van der Waals surface area (Å²) < 4.78 is 0. The lowest BCUT2D eigenvalue weighted by Gasteiger charge is -2.31. The van der Waals surface area contributed by atoms with Crippen molar-refractivity contribution in [1.82, 2.24) is 4.90 Å². The smallest absolute Gasteiger partial charge is 0.00471 e. The number of rotatable bonds is 1. The van der Waals surface area contributed by atoms with E-state index >= 15 is 0 Å². The summed E-state index contributed by atoms with van der Waals surface area (Å²) in [6.07, 6.45) is 12.4. The normalized spacial score (nSPS) is 30.2. The van der Waals surface area contributed by atoms with Crippen molar-refractivity contribution in [3.8, 4) is 0 Å². The lowest BCUT2D eigenvalue weighted by Crippen LogP contribution is -2.32. The van der Waals surface area contributed by atoms with Gasteiger partial charge in [-0.2, -0.15) is 0 Å². The summed E-state index contributed by atoms with van der Waals surface area (Å²) in [5.41, 5.74) is 1.60. The maximum atomic E-state index is 2.46. The van der Waals surface area contributed by atoms with Gasteiger partial charge >= 0.3 is 0 Å². The number of piperidine rings is 1. The number of allylic oxidation sites excluding steroid dienone is 3. The van der Waals surface area contributed by atoms with Crippen molar-refractivity contribution in [2.45, 2.75) is 25.7 Å². The van der Waals surface area contributed by atoms with Crippen molar-refractivity contribution in [3.63, 3.8) is 0 Å². The Labute approximate surface area is 81.1 Å². The second-order valence-electron chi connectivity index (χ2n) is 4.29. The zero-order valence-corrected chi connectivity index (χ0v) is 8.50. The molecule has 1 aliphatic carbocycles. The molecule has 1 nitrogen and oxygen atoms in total. The van der Waals surface area contributed by atoms with Gasteiger partial charge in [-0.1, -0.05) is 18.2 Å². The second kappa shape index (κ2) is 4.10. The van der Waals surface area contributed by atoms with Crippen molar-refractivity contribution in [3.05, 3.63) is 23.8 Å². The Kier molecular flexibility index (Phi) is 2.84. The van der Waals surface area contributed by atoms with Gasteiger partial charge in [0.15, 0.2) is 0 Å². The zero-order valence-electron chi connectivity index (χ0n) is 8.50. The first kappa shape index (κ1) is 9.01. The van der Waals surface area contributed by atoms with E-state index in [1.807, 2.05) is 0 Å². The molecule has 1 atom stereocenters. The standard InChI is InChI=1S/C12H19N/c1-13-9-5-8-12(10-13)11-6-3-2-4-7-11/h3,6-7,12H,2,4-5,8-10H2,1H3/t12-/m0/s1. The van der Waals surface area contributed by atoms with Crippen LogP contribution in [0.3, 0.4) is 0 Å². The predicted octanol–water partition coefficient (Wildman–Crippen LogP) is 2.60. The Morgan fingerprint density at radius 3 is 3.00 bits per heavy atom. The highest BCUT2D eigenvalue weighted by Gasteiger charge is 2.19. The molecule has 0 aromatic carbocycles. The third kappa shape index (κ3) is 2.22. The summed E-state index contributed by atoms with van der Waals surface area (Å²) in [6, 6.07) is 0. The fourth-order valence-electron chi connectivity index (χ4n) is 2.37. The van der Waals surface area contributed by atoms with E-state index in [-0.39, 0.29) is 0 Å². The molecule has 72 valence electrons. The molecule has 1 aliphatic heterocycles. The summed E-state index contributed by atoms with van der Waals surface area (Å²) in [5, 5.41) is 0. The highest BCUT2D eigenvalue weighted by molar-refractivity contribution is 5.25. The molecule has 0 aromatic heterocycles. The summed E-state index contributed by atoms with van der Waals surface area (Å²) in [7, 11) is 2.24. The minimum Gasteiger partial charge on any atom is -0.306 e. The van der Waals surface area contributed by atoms with Gasteiger partial charge in [0.2, 0.25) is 0 Å². The highest BCUT2D eigenvalue weighted by atomic mass is 15.1. The average Bonchev–Trinajstić information content (AvgIpc) is 2.19. The molecule has 1 heteroatoms. The van der Waals surface area contributed by atoms with E-state index in [0.29, 0.717) is 0 Å². The van der Waals surface area contributed by atoms with E-state index < -0.39 is 0 Å². The van der Waals surface area contributed by atoms with Crippen molar-refractivity contribution in [2.24, 2.45) is 5.92 Å². The molecule has 0 aromatic rings. The highest BCUT2D eigenvalue weighted by Crippen LogP contribution is 2.26. The van der Waals surface area contributed by atoms with E-state index in [4.69, 9.17) is 0 Å². The van der Waals surface area contributed by atoms with Crippen LogP contribution in [-0.2, 0) is 0 Å². The van der Waals surface area contributed by atoms with Crippen LogP contribution in [0.1, 0.15) is 25.7 Å². The van der Waals surface area contributed by atoms with Gasteiger partial charge < -0.3 is 4.90 Å². The maximum Gasteiger partial charge on any atom is 0.00471 e. The van der Waals surface area contributed by atoms with Crippen molar-refractivity contribution in [2.75, 3.05) is 20.1 Å². The quantitative estimate of drug-likeness (QED) is 0.595. The Bertz CT molecular complexity index is 227. The van der Waals surface area contributed by atoms with Gasteiger partial charge in [0.1, 0.15) is 0 Å².